The van der Waals surface area contributed by atoms with E-state index in [9.17, 15) is 14.4 Å². The summed E-state index contributed by atoms with van der Waals surface area (Å²) in [6.45, 7) is 5.42. The van der Waals surface area contributed by atoms with E-state index in [1.54, 1.807) is 38.3 Å². The van der Waals surface area contributed by atoms with Gasteiger partial charge in [0.1, 0.15) is 18.4 Å². The van der Waals surface area contributed by atoms with E-state index >= 15 is 0 Å². The minimum Gasteiger partial charge on any atom is -0.497 e. The molecular weight excluding hydrogens is 468 g/mol. The van der Waals surface area contributed by atoms with E-state index in [4.69, 9.17) is 14.2 Å². The number of thioether (sulfide) groups is 1. The molecule has 3 unspecified atom stereocenters. The first-order chi connectivity index (χ1) is 16.6. The maximum atomic E-state index is 13.5. The zero-order valence-electron chi connectivity index (χ0n) is 20.6. The number of rotatable bonds is 9. The Labute approximate surface area is 210 Å². The number of hydrogen-bond acceptors (Lipinski definition) is 8. The van der Waals surface area contributed by atoms with Crippen LogP contribution in [0.4, 0.5) is 0 Å². The molecule has 2 aromatic carbocycles. The van der Waals surface area contributed by atoms with Crippen molar-refractivity contribution in [2.24, 2.45) is 0 Å². The molecule has 0 bridgehead atoms. The summed E-state index contributed by atoms with van der Waals surface area (Å²) < 4.78 is 15.2. The summed E-state index contributed by atoms with van der Waals surface area (Å²) in [6.07, 6.45) is 0.101. The van der Waals surface area contributed by atoms with E-state index in [2.05, 4.69) is 10.6 Å². The lowest BCUT2D eigenvalue weighted by molar-refractivity contribution is -0.155. The van der Waals surface area contributed by atoms with Gasteiger partial charge in [0.2, 0.25) is 5.91 Å². The Hall–Kier alpha value is -3.04. The van der Waals surface area contributed by atoms with Crippen molar-refractivity contribution >= 4 is 29.6 Å². The van der Waals surface area contributed by atoms with E-state index in [0.29, 0.717) is 5.75 Å². The number of esters is 2. The molecule has 8 nitrogen and oxygen atoms in total. The molecule has 1 aliphatic rings. The van der Waals surface area contributed by atoms with Crippen molar-refractivity contribution in [1.82, 2.24) is 10.6 Å². The van der Waals surface area contributed by atoms with Crippen molar-refractivity contribution in [1.29, 1.82) is 0 Å². The van der Waals surface area contributed by atoms with Gasteiger partial charge in [0.25, 0.3) is 0 Å². The van der Waals surface area contributed by atoms with Gasteiger partial charge in [0, 0.05) is 4.75 Å². The summed E-state index contributed by atoms with van der Waals surface area (Å²) in [5.41, 5.74) is 0.138. The lowest BCUT2D eigenvalue weighted by Crippen LogP contribution is -2.63. The smallest absolute Gasteiger partial charge is 0.334 e. The van der Waals surface area contributed by atoms with Crippen molar-refractivity contribution in [3.05, 3.63) is 65.7 Å². The fourth-order valence-corrected chi connectivity index (χ4v) is 5.37. The molecule has 188 valence electrons. The van der Waals surface area contributed by atoms with Gasteiger partial charge in [0.15, 0.2) is 5.54 Å². The maximum absolute atomic E-state index is 13.5. The van der Waals surface area contributed by atoms with Crippen LogP contribution in [-0.4, -0.2) is 53.8 Å². The Bertz CT molecular complexity index is 1040. The Kier molecular flexibility index (Phi) is 8.45. The zero-order valence-corrected chi connectivity index (χ0v) is 21.4. The van der Waals surface area contributed by atoms with Gasteiger partial charge in [-0.05, 0) is 44.0 Å². The molecule has 2 N–H and O–H groups in total. The molecule has 2 aromatic rings. The summed E-state index contributed by atoms with van der Waals surface area (Å²) in [5, 5.41) is 5.44. The molecule has 0 aliphatic carbocycles. The van der Waals surface area contributed by atoms with Gasteiger partial charge in [0.05, 0.1) is 26.0 Å². The Balaban J connectivity index is 1.81. The van der Waals surface area contributed by atoms with Crippen LogP contribution in [0, 0.1) is 0 Å². The first-order valence-electron chi connectivity index (χ1n) is 11.3. The van der Waals surface area contributed by atoms with Crippen LogP contribution in [0.3, 0.4) is 0 Å². The monoisotopic (exact) mass is 500 g/mol. The molecule has 0 aromatic heterocycles. The summed E-state index contributed by atoms with van der Waals surface area (Å²) in [5.74, 6) is -0.682. The zero-order chi connectivity index (χ0) is 25.6. The van der Waals surface area contributed by atoms with Crippen LogP contribution in [0.5, 0.6) is 5.75 Å². The van der Waals surface area contributed by atoms with Crippen LogP contribution in [-0.2, 0) is 36.9 Å². The molecule has 9 heteroatoms. The van der Waals surface area contributed by atoms with E-state index < -0.39 is 33.6 Å². The molecular formula is C26H32N2O6S. The predicted molar refractivity (Wildman–Crippen MR) is 134 cm³/mol. The Morgan fingerprint density at radius 2 is 1.69 bits per heavy atom. The molecule has 1 saturated heterocycles. The highest BCUT2D eigenvalue weighted by atomic mass is 32.2. The van der Waals surface area contributed by atoms with Gasteiger partial charge in [-0.15, -0.1) is 11.8 Å². The third-order valence-corrected chi connectivity index (χ3v) is 7.64. The number of hydrogen-bond donors (Lipinski definition) is 2. The maximum Gasteiger partial charge on any atom is 0.334 e. The number of ether oxygens (including phenoxy) is 3. The highest BCUT2D eigenvalue weighted by Crippen LogP contribution is 2.42. The van der Waals surface area contributed by atoms with E-state index in [1.165, 1.54) is 18.9 Å². The first kappa shape index (κ1) is 26.6. The van der Waals surface area contributed by atoms with Gasteiger partial charge in [-0.2, -0.15) is 0 Å². The van der Waals surface area contributed by atoms with Crippen molar-refractivity contribution < 1.29 is 28.6 Å². The number of benzene rings is 2. The number of amides is 1. The summed E-state index contributed by atoms with van der Waals surface area (Å²) in [6, 6.07) is 15.8. The highest BCUT2D eigenvalue weighted by Gasteiger charge is 2.55. The van der Waals surface area contributed by atoms with Crippen LogP contribution in [0.15, 0.2) is 54.6 Å². The second-order valence-electron chi connectivity index (χ2n) is 9.06. The number of methoxy groups -OCH3 is 2. The summed E-state index contributed by atoms with van der Waals surface area (Å²) >= 11 is 1.39. The molecule has 1 heterocycles. The second-order valence-corrected chi connectivity index (χ2v) is 10.8. The van der Waals surface area contributed by atoms with Crippen molar-refractivity contribution in [2.75, 3.05) is 14.2 Å². The van der Waals surface area contributed by atoms with Gasteiger partial charge in [-0.25, -0.2) is 4.79 Å². The van der Waals surface area contributed by atoms with Gasteiger partial charge < -0.3 is 19.5 Å². The molecule has 0 radical (unpaired) electrons. The largest absolute Gasteiger partial charge is 0.497 e. The Morgan fingerprint density at radius 1 is 1.03 bits per heavy atom. The summed E-state index contributed by atoms with van der Waals surface area (Å²) in [4.78, 5) is 38.9. The molecule has 0 spiro atoms. The minimum atomic E-state index is -1.46. The topological polar surface area (TPSA) is 103 Å². The molecule has 3 atom stereocenters. The normalized spacial score (nSPS) is 20.4. The second kappa shape index (κ2) is 11.1. The molecule has 3 rings (SSSR count). The molecule has 0 saturated carbocycles. The third-order valence-electron chi connectivity index (χ3n) is 5.96. The van der Waals surface area contributed by atoms with Crippen LogP contribution in [0.2, 0.25) is 0 Å². The number of nitrogens with one attached hydrogen (secondary N) is 2. The standard InChI is InChI=1S/C26H32N2O6S/c1-25(2)21(22(30)33-5)27-23(35-25)26(3,28-20(29)15-17-9-7-6-8-10-17)24(31)34-16-18-11-13-19(32-4)14-12-18/h6-14,21,23,27H,15-16H2,1-5H3,(H,28,29). The summed E-state index contributed by atoms with van der Waals surface area (Å²) in [7, 11) is 2.90. The van der Waals surface area contributed by atoms with Gasteiger partial charge in [-0.1, -0.05) is 42.5 Å². The van der Waals surface area contributed by atoms with Gasteiger partial charge >= 0.3 is 11.9 Å². The SMILES string of the molecule is COC(=O)C1NC(C(C)(NC(=O)Cc2ccccc2)C(=O)OCc2ccc(OC)cc2)SC1(C)C. The van der Waals surface area contributed by atoms with Crippen LogP contribution < -0.4 is 15.4 Å². The van der Waals surface area contributed by atoms with Crippen LogP contribution >= 0.6 is 11.8 Å². The predicted octanol–water partition coefficient (Wildman–Crippen LogP) is 2.84. The lowest BCUT2D eigenvalue weighted by atomic mass is 9.98. The van der Waals surface area contributed by atoms with Gasteiger partial charge in [-0.3, -0.25) is 14.9 Å². The van der Waals surface area contributed by atoms with Crippen molar-refractivity contribution in [3.8, 4) is 5.75 Å². The average molecular weight is 501 g/mol. The van der Waals surface area contributed by atoms with Crippen LogP contribution in [0.25, 0.3) is 0 Å². The number of carbonyl (C=O) groups excluding carboxylic acids is 3. The average Bonchev–Trinajstić information content (AvgIpc) is 3.18. The fourth-order valence-electron chi connectivity index (χ4n) is 3.87. The highest BCUT2D eigenvalue weighted by molar-refractivity contribution is 8.01. The van der Waals surface area contributed by atoms with Crippen molar-refractivity contribution in [2.45, 2.75) is 55.5 Å². The molecule has 1 aliphatic heterocycles. The quantitative estimate of drug-likeness (QED) is 0.507. The van der Waals surface area contributed by atoms with E-state index in [-0.39, 0.29) is 18.9 Å². The number of carbonyl (C=O) groups is 3. The first-order valence-corrected chi connectivity index (χ1v) is 12.1. The van der Waals surface area contributed by atoms with Crippen LogP contribution in [0.1, 0.15) is 31.9 Å². The minimum absolute atomic E-state index is 0.0220. The molecule has 1 fully saturated rings. The van der Waals surface area contributed by atoms with E-state index in [1.807, 2.05) is 44.2 Å². The molecule has 1 amide bonds. The third kappa shape index (κ3) is 6.35. The Morgan fingerprint density at radius 3 is 2.29 bits per heavy atom. The van der Waals surface area contributed by atoms with E-state index in [0.717, 1.165) is 11.1 Å². The molecule has 35 heavy (non-hydrogen) atoms. The fraction of sp³-hybridized carbons (Fsp3) is 0.423. The lowest BCUT2D eigenvalue weighted by Gasteiger charge is -2.34. The van der Waals surface area contributed by atoms with Crippen molar-refractivity contribution in [3.63, 3.8) is 0 Å².